The molecule has 0 aliphatic carbocycles. The van der Waals surface area contributed by atoms with Crippen molar-refractivity contribution in [2.75, 3.05) is 6.54 Å². The Labute approximate surface area is 157 Å². The van der Waals surface area contributed by atoms with Gasteiger partial charge in [0, 0.05) is 19.0 Å². The van der Waals surface area contributed by atoms with Gasteiger partial charge in [-0.05, 0) is 50.4 Å². The molecule has 27 heavy (non-hydrogen) atoms. The zero-order valence-corrected chi connectivity index (χ0v) is 15.3. The summed E-state index contributed by atoms with van der Waals surface area (Å²) in [5.74, 6) is -1.95. The van der Waals surface area contributed by atoms with Gasteiger partial charge in [0.1, 0.15) is 6.04 Å². The molecular weight excluding hydrogens is 348 g/mol. The number of nitrogens with two attached hydrogens (primary N) is 1. The number of imide groups is 2. The number of fused-ring (bicyclic) bond motifs is 1. The van der Waals surface area contributed by atoms with Crippen molar-refractivity contribution in [3.8, 4) is 0 Å². The lowest BCUT2D eigenvalue weighted by atomic mass is 10.0. The molecule has 1 saturated heterocycles. The average Bonchev–Trinajstić information content (AvgIpc) is 2.86. The fraction of sp³-hybridized carbons (Fsp3) is 0.474. The maximum atomic E-state index is 12.7. The van der Waals surface area contributed by atoms with E-state index < -0.39 is 23.8 Å². The minimum absolute atomic E-state index is 0.112. The van der Waals surface area contributed by atoms with Crippen LogP contribution in [0.25, 0.3) is 0 Å². The van der Waals surface area contributed by atoms with Crippen LogP contribution in [0.15, 0.2) is 18.2 Å². The van der Waals surface area contributed by atoms with Crippen LogP contribution in [0, 0.1) is 0 Å². The Kier molecular flexibility index (Phi) is 5.67. The minimum Gasteiger partial charge on any atom is -0.328 e. The van der Waals surface area contributed by atoms with E-state index in [4.69, 9.17) is 5.73 Å². The van der Waals surface area contributed by atoms with Gasteiger partial charge in [-0.25, -0.2) is 0 Å². The van der Waals surface area contributed by atoms with Gasteiger partial charge in [0.25, 0.3) is 11.8 Å². The molecule has 8 heteroatoms. The smallest absolute Gasteiger partial charge is 0.262 e. The van der Waals surface area contributed by atoms with E-state index in [0.717, 1.165) is 29.8 Å². The van der Waals surface area contributed by atoms with Gasteiger partial charge in [0.15, 0.2) is 0 Å². The summed E-state index contributed by atoms with van der Waals surface area (Å²) in [6.07, 6.45) is 2.17. The molecule has 8 nitrogen and oxygen atoms in total. The number of carbonyl (C=O) groups is 4. The first kappa shape index (κ1) is 19.2. The monoisotopic (exact) mass is 372 g/mol. The SMILES string of the molecule is CC(N)CCCNCc1ccc2c(c1)C(=O)N(C1CCC(=O)NC1=O)C2=O. The Morgan fingerprint density at radius 2 is 1.96 bits per heavy atom. The molecule has 2 atom stereocenters. The molecule has 2 unspecified atom stereocenters. The summed E-state index contributed by atoms with van der Waals surface area (Å²) in [4.78, 5) is 49.7. The second-order valence-electron chi connectivity index (χ2n) is 7.12. The van der Waals surface area contributed by atoms with E-state index in [2.05, 4.69) is 10.6 Å². The molecule has 2 aliphatic rings. The maximum Gasteiger partial charge on any atom is 0.262 e. The van der Waals surface area contributed by atoms with Crippen LogP contribution in [0.4, 0.5) is 0 Å². The maximum absolute atomic E-state index is 12.7. The molecule has 4 amide bonds. The van der Waals surface area contributed by atoms with Crippen LogP contribution < -0.4 is 16.4 Å². The lowest BCUT2D eigenvalue weighted by Gasteiger charge is -2.27. The molecule has 2 aliphatic heterocycles. The fourth-order valence-electron chi connectivity index (χ4n) is 3.41. The zero-order valence-electron chi connectivity index (χ0n) is 15.3. The Morgan fingerprint density at radius 1 is 1.22 bits per heavy atom. The molecule has 1 aromatic carbocycles. The summed E-state index contributed by atoms with van der Waals surface area (Å²) < 4.78 is 0. The average molecular weight is 372 g/mol. The third-order valence-corrected chi connectivity index (χ3v) is 4.85. The molecule has 0 spiro atoms. The number of carbonyl (C=O) groups excluding carboxylic acids is 4. The molecule has 144 valence electrons. The molecule has 1 aromatic rings. The standard InChI is InChI=1S/C19H24N4O4/c1-11(20)3-2-8-21-10-12-4-5-13-14(9-12)19(27)23(18(13)26)15-6-7-16(24)22-17(15)25/h4-5,9,11,15,21H,2-3,6-8,10,20H2,1H3,(H,22,24,25). The van der Waals surface area contributed by atoms with Crippen molar-refractivity contribution in [3.63, 3.8) is 0 Å². The summed E-state index contributed by atoms with van der Waals surface area (Å²) in [7, 11) is 0. The molecule has 2 heterocycles. The van der Waals surface area contributed by atoms with E-state index >= 15 is 0 Å². The van der Waals surface area contributed by atoms with Gasteiger partial charge in [0.2, 0.25) is 11.8 Å². The van der Waals surface area contributed by atoms with E-state index in [1.807, 2.05) is 6.92 Å². The van der Waals surface area contributed by atoms with Crippen LogP contribution in [0.5, 0.6) is 0 Å². The van der Waals surface area contributed by atoms with Crippen molar-refractivity contribution >= 4 is 23.6 Å². The first-order valence-corrected chi connectivity index (χ1v) is 9.19. The Bertz CT molecular complexity index is 790. The van der Waals surface area contributed by atoms with E-state index in [9.17, 15) is 19.2 Å². The first-order chi connectivity index (χ1) is 12.9. The molecule has 0 bridgehead atoms. The number of piperidine rings is 1. The van der Waals surface area contributed by atoms with Crippen LogP contribution in [0.1, 0.15) is 58.9 Å². The third-order valence-electron chi connectivity index (χ3n) is 4.85. The highest BCUT2D eigenvalue weighted by molar-refractivity contribution is 6.23. The fourth-order valence-corrected chi connectivity index (χ4v) is 3.41. The van der Waals surface area contributed by atoms with Crippen molar-refractivity contribution in [2.45, 2.75) is 51.2 Å². The number of nitrogens with one attached hydrogen (secondary N) is 2. The quantitative estimate of drug-likeness (QED) is 0.468. The summed E-state index contributed by atoms with van der Waals surface area (Å²) in [5.41, 5.74) is 7.21. The van der Waals surface area contributed by atoms with Gasteiger partial charge >= 0.3 is 0 Å². The Morgan fingerprint density at radius 3 is 2.67 bits per heavy atom. The van der Waals surface area contributed by atoms with Crippen molar-refractivity contribution in [3.05, 3.63) is 34.9 Å². The van der Waals surface area contributed by atoms with E-state index in [1.54, 1.807) is 18.2 Å². The third kappa shape index (κ3) is 4.06. The highest BCUT2D eigenvalue weighted by Gasteiger charge is 2.44. The van der Waals surface area contributed by atoms with Gasteiger partial charge in [-0.15, -0.1) is 0 Å². The predicted octanol–water partition coefficient (Wildman–Crippen LogP) is 0.305. The van der Waals surface area contributed by atoms with Crippen molar-refractivity contribution in [1.29, 1.82) is 0 Å². The number of hydrogen-bond donors (Lipinski definition) is 3. The van der Waals surface area contributed by atoms with E-state index in [0.29, 0.717) is 17.7 Å². The number of rotatable bonds is 7. The van der Waals surface area contributed by atoms with Crippen molar-refractivity contribution < 1.29 is 19.2 Å². The second kappa shape index (κ2) is 7.98. The summed E-state index contributed by atoms with van der Waals surface area (Å²) >= 11 is 0. The van der Waals surface area contributed by atoms with Crippen molar-refractivity contribution in [1.82, 2.24) is 15.5 Å². The Balaban J connectivity index is 1.67. The second-order valence-corrected chi connectivity index (χ2v) is 7.12. The molecule has 0 radical (unpaired) electrons. The topological polar surface area (TPSA) is 122 Å². The van der Waals surface area contributed by atoms with Crippen LogP contribution in [-0.2, 0) is 16.1 Å². The lowest BCUT2D eigenvalue weighted by molar-refractivity contribution is -0.136. The Hall–Kier alpha value is -2.58. The van der Waals surface area contributed by atoms with Crippen LogP contribution in [0.3, 0.4) is 0 Å². The molecule has 4 N–H and O–H groups in total. The number of amides is 4. The molecule has 0 aromatic heterocycles. The number of nitrogens with zero attached hydrogens (tertiary/aromatic N) is 1. The van der Waals surface area contributed by atoms with Gasteiger partial charge in [-0.3, -0.25) is 29.4 Å². The highest BCUT2D eigenvalue weighted by Crippen LogP contribution is 2.28. The minimum atomic E-state index is -0.935. The summed E-state index contributed by atoms with van der Waals surface area (Å²) in [6, 6.07) is 4.36. The van der Waals surface area contributed by atoms with E-state index in [-0.39, 0.29) is 24.8 Å². The number of benzene rings is 1. The normalized spacial score (nSPS) is 20.7. The van der Waals surface area contributed by atoms with Gasteiger partial charge in [0.05, 0.1) is 11.1 Å². The van der Waals surface area contributed by atoms with Crippen molar-refractivity contribution in [2.24, 2.45) is 5.73 Å². The summed E-state index contributed by atoms with van der Waals surface area (Å²) in [5, 5.41) is 5.48. The number of hydrogen-bond acceptors (Lipinski definition) is 6. The van der Waals surface area contributed by atoms with Gasteiger partial charge in [-0.1, -0.05) is 6.07 Å². The van der Waals surface area contributed by atoms with E-state index in [1.165, 1.54) is 0 Å². The predicted molar refractivity (Wildman–Crippen MR) is 97.7 cm³/mol. The largest absolute Gasteiger partial charge is 0.328 e. The first-order valence-electron chi connectivity index (χ1n) is 9.19. The molecule has 1 fully saturated rings. The summed E-state index contributed by atoms with van der Waals surface area (Å²) in [6.45, 7) is 3.36. The molecule has 3 rings (SSSR count). The van der Waals surface area contributed by atoms with Crippen LogP contribution >= 0.6 is 0 Å². The molecule has 0 saturated carbocycles. The van der Waals surface area contributed by atoms with Crippen LogP contribution in [-0.4, -0.2) is 47.2 Å². The zero-order chi connectivity index (χ0) is 19.6. The highest BCUT2D eigenvalue weighted by atomic mass is 16.2. The van der Waals surface area contributed by atoms with Gasteiger partial charge < -0.3 is 11.1 Å². The van der Waals surface area contributed by atoms with Crippen LogP contribution in [0.2, 0.25) is 0 Å². The molecular formula is C19H24N4O4. The van der Waals surface area contributed by atoms with Gasteiger partial charge in [-0.2, -0.15) is 0 Å². The lowest BCUT2D eigenvalue weighted by Crippen LogP contribution is -2.54.